The van der Waals surface area contributed by atoms with Gasteiger partial charge in [0, 0.05) is 31.3 Å². The first-order chi connectivity index (χ1) is 11.9. The monoisotopic (exact) mass is 329 g/mol. The highest BCUT2D eigenvalue weighted by Gasteiger charge is 2.34. The fraction of sp³-hybridized carbons (Fsp3) is 0.706. The molecule has 3 aliphatic rings. The summed E-state index contributed by atoms with van der Waals surface area (Å²) in [6.07, 6.45) is 7.96. The lowest BCUT2D eigenvalue weighted by atomic mass is 10.1. The van der Waals surface area contributed by atoms with Gasteiger partial charge in [0.05, 0.1) is 12.2 Å². The molecule has 0 amide bonds. The van der Waals surface area contributed by atoms with Crippen molar-refractivity contribution in [3.8, 4) is 0 Å². The molecule has 2 aromatic rings. The molecule has 5 rings (SSSR count). The lowest BCUT2D eigenvalue weighted by Crippen LogP contribution is -2.32. The highest BCUT2D eigenvalue weighted by atomic mass is 16.5. The minimum absolute atomic E-state index is 0.0528. The third-order valence-electron chi connectivity index (χ3n) is 5.20. The standard InChI is InChI=1S/C17H23N5O2/c1-2-11(1)10-22-14(5-7-19-22)16-13(6-8-23-16)18-9-15-20-17(21-24-15)12-3-4-12/h5,7,11-13,16,18H,1-4,6,8-10H2/t13-,16-/m0/s1. The number of nitrogens with one attached hydrogen (secondary N) is 1. The normalized spacial score (nSPS) is 27.0. The van der Waals surface area contributed by atoms with Crippen molar-refractivity contribution in [3.63, 3.8) is 0 Å². The van der Waals surface area contributed by atoms with Crippen molar-refractivity contribution in [2.45, 2.75) is 63.3 Å². The third kappa shape index (κ3) is 2.98. The fourth-order valence-electron chi connectivity index (χ4n) is 3.44. The Bertz CT molecular complexity index is 703. The summed E-state index contributed by atoms with van der Waals surface area (Å²) in [4.78, 5) is 4.49. The van der Waals surface area contributed by atoms with Crippen molar-refractivity contribution in [3.05, 3.63) is 29.7 Å². The molecular formula is C17H23N5O2. The predicted molar refractivity (Wildman–Crippen MR) is 85.2 cm³/mol. The quantitative estimate of drug-likeness (QED) is 0.839. The number of hydrogen-bond donors (Lipinski definition) is 1. The first-order valence-electron chi connectivity index (χ1n) is 9.06. The Balaban J connectivity index is 1.24. The average Bonchev–Trinajstić information content (AvgIpc) is 3.44. The van der Waals surface area contributed by atoms with Crippen LogP contribution in [0, 0.1) is 5.92 Å². The van der Waals surface area contributed by atoms with E-state index in [-0.39, 0.29) is 12.1 Å². The van der Waals surface area contributed by atoms with Gasteiger partial charge < -0.3 is 14.6 Å². The zero-order valence-corrected chi connectivity index (χ0v) is 13.7. The van der Waals surface area contributed by atoms with Gasteiger partial charge in [0.1, 0.15) is 6.10 Å². The molecule has 2 aromatic heterocycles. The zero-order valence-electron chi connectivity index (χ0n) is 13.7. The lowest BCUT2D eigenvalue weighted by molar-refractivity contribution is 0.0900. The molecule has 3 fully saturated rings. The molecule has 24 heavy (non-hydrogen) atoms. The molecule has 7 heteroatoms. The Morgan fingerprint density at radius 3 is 2.96 bits per heavy atom. The Morgan fingerprint density at radius 2 is 2.12 bits per heavy atom. The van der Waals surface area contributed by atoms with Crippen molar-refractivity contribution < 1.29 is 9.26 Å². The summed E-state index contributed by atoms with van der Waals surface area (Å²) >= 11 is 0. The van der Waals surface area contributed by atoms with Crippen molar-refractivity contribution in [2.75, 3.05) is 6.61 Å². The second-order valence-electron chi connectivity index (χ2n) is 7.27. The highest BCUT2D eigenvalue weighted by molar-refractivity contribution is 5.10. The molecule has 0 radical (unpaired) electrons. The van der Waals surface area contributed by atoms with E-state index in [1.54, 1.807) is 0 Å². The minimum atomic E-state index is 0.0528. The van der Waals surface area contributed by atoms with Crippen LogP contribution in [-0.2, 0) is 17.8 Å². The molecule has 0 unspecified atom stereocenters. The summed E-state index contributed by atoms with van der Waals surface area (Å²) in [6, 6.07) is 2.35. The van der Waals surface area contributed by atoms with Gasteiger partial charge in [0.25, 0.3) is 0 Å². The Labute approximate surface area is 140 Å². The van der Waals surface area contributed by atoms with E-state index in [1.165, 1.54) is 31.4 Å². The van der Waals surface area contributed by atoms with Crippen molar-refractivity contribution >= 4 is 0 Å². The van der Waals surface area contributed by atoms with Crippen LogP contribution in [0.5, 0.6) is 0 Å². The van der Waals surface area contributed by atoms with Crippen LogP contribution >= 0.6 is 0 Å². The van der Waals surface area contributed by atoms with Crippen molar-refractivity contribution in [1.82, 2.24) is 25.2 Å². The summed E-state index contributed by atoms with van der Waals surface area (Å²) in [6.45, 7) is 2.39. The molecule has 128 valence electrons. The van der Waals surface area contributed by atoms with Gasteiger partial charge in [-0.1, -0.05) is 5.16 Å². The smallest absolute Gasteiger partial charge is 0.240 e. The number of nitrogens with zero attached hydrogens (tertiary/aromatic N) is 4. The molecule has 0 aromatic carbocycles. The predicted octanol–water partition coefficient (Wildman–Crippen LogP) is 2.17. The fourth-order valence-corrected chi connectivity index (χ4v) is 3.44. The summed E-state index contributed by atoms with van der Waals surface area (Å²) in [5.41, 5.74) is 1.18. The number of rotatable bonds is 7. The van der Waals surface area contributed by atoms with Gasteiger partial charge in [-0.05, 0) is 44.1 Å². The van der Waals surface area contributed by atoms with E-state index >= 15 is 0 Å². The van der Waals surface area contributed by atoms with Gasteiger partial charge in [0.15, 0.2) is 5.82 Å². The van der Waals surface area contributed by atoms with Gasteiger partial charge in [-0.2, -0.15) is 10.1 Å². The molecule has 2 atom stereocenters. The number of aromatic nitrogens is 4. The molecule has 1 N–H and O–H groups in total. The Kier molecular flexibility index (Phi) is 3.63. The van der Waals surface area contributed by atoms with E-state index in [2.05, 4.69) is 31.3 Å². The molecule has 1 saturated heterocycles. The van der Waals surface area contributed by atoms with Crippen LogP contribution in [0.4, 0.5) is 0 Å². The second kappa shape index (κ2) is 5.97. The largest absolute Gasteiger partial charge is 0.370 e. The average molecular weight is 329 g/mol. The maximum atomic E-state index is 6.00. The Morgan fingerprint density at radius 1 is 1.21 bits per heavy atom. The molecule has 3 heterocycles. The lowest BCUT2D eigenvalue weighted by Gasteiger charge is -2.20. The maximum absolute atomic E-state index is 6.00. The molecule has 2 saturated carbocycles. The molecule has 7 nitrogen and oxygen atoms in total. The van der Waals surface area contributed by atoms with Gasteiger partial charge >= 0.3 is 0 Å². The van der Waals surface area contributed by atoms with E-state index in [4.69, 9.17) is 9.26 Å². The minimum Gasteiger partial charge on any atom is -0.370 e. The van der Waals surface area contributed by atoms with E-state index in [0.29, 0.717) is 18.4 Å². The van der Waals surface area contributed by atoms with Crippen LogP contribution in [0.2, 0.25) is 0 Å². The third-order valence-corrected chi connectivity index (χ3v) is 5.20. The van der Waals surface area contributed by atoms with Crippen molar-refractivity contribution in [2.24, 2.45) is 5.92 Å². The molecule has 1 aliphatic heterocycles. The zero-order chi connectivity index (χ0) is 15.9. The summed E-state index contributed by atoms with van der Waals surface area (Å²) in [5.74, 6) is 2.88. The molecule has 0 spiro atoms. The van der Waals surface area contributed by atoms with E-state index in [1.807, 2.05) is 6.20 Å². The SMILES string of the molecule is c1cc([C@H]2OCC[C@@H]2NCc2nc(C3CC3)no2)n(CC2CC2)n1. The van der Waals surface area contributed by atoms with Gasteiger partial charge in [-0.25, -0.2) is 0 Å². The number of ether oxygens (including phenoxy) is 1. The van der Waals surface area contributed by atoms with Crippen molar-refractivity contribution in [1.29, 1.82) is 0 Å². The van der Waals surface area contributed by atoms with Crippen LogP contribution < -0.4 is 5.32 Å². The summed E-state index contributed by atoms with van der Waals surface area (Å²) < 4.78 is 13.5. The highest BCUT2D eigenvalue weighted by Crippen LogP contribution is 2.38. The summed E-state index contributed by atoms with van der Waals surface area (Å²) in [7, 11) is 0. The van der Waals surface area contributed by atoms with Gasteiger partial charge in [-0.3, -0.25) is 4.68 Å². The van der Waals surface area contributed by atoms with E-state index in [9.17, 15) is 0 Å². The topological polar surface area (TPSA) is 78.0 Å². The molecule has 2 aliphatic carbocycles. The first-order valence-corrected chi connectivity index (χ1v) is 9.06. The van der Waals surface area contributed by atoms with Gasteiger partial charge in [-0.15, -0.1) is 0 Å². The number of hydrogen-bond acceptors (Lipinski definition) is 6. The second-order valence-corrected chi connectivity index (χ2v) is 7.27. The van der Waals surface area contributed by atoms with E-state index in [0.717, 1.165) is 31.3 Å². The van der Waals surface area contributed by atoms with Crippen LogP contribution in [0.3, 0.4) is 0 Å². The van der Waals surface area contributed by atoms with Crippen LogP contribution in [-0.4, -0.2) is 32.6 Å². The van der Waals surface area contributed by atoms with E-state index < -0.39 is 0 Å². The Hall–Kier alpha value is -1.73. The maximum Gasteiger partial charge on any atom is 0.240 e. The summed E-state index contributed by atoms with van der Waals surface area (Å²) in [5, 5.41) is 12.1. The first kappa shape index (κ1) is 14.6. The van der Waals surface area contributed by atoms with Crippen LogP contribution in [0.1, 0.15) is 61.5 Å². The molecule has 0 bridgehead atoms. The molecular weight excluding hydrogens is 306 g/mol. The van der Waals surface area contributed by atoms with Gasteiger partial charge in [0.2, 0.25) is 5.89 Å². The van der Waals surface area contributed by atoms with Crippen LogP contribution in [0.15, 0.2) is 16.8 Å². The van der Waals surface area contributed by atoms with Crippen LogP contribution in [0.25, 0.3) is 0 Å².